The first-order valence-corrected chi connectivity index (χ1v) is 11.2. The zero-order valence-corrected chi connectivity index (χ0v) is 20.6. The first-order chi connectivity index (χ1) is 16.2. The number of benzene rings is 2. The van der Waals surface area contributed by atoms with Gasteiger partial charge in [-0.1, -0.05) is 12.1 Å². The van der Waals surface area contributed by atoms with Gasteiger partial charge in [-0.25, -0.2) is 4.79 Å². The molecular weight excluding hydrogens is 436 g/mol. The van der Waals surface area contributed by atoms with Gasteiger partial charge < -0.3 is 28.3 Å². The zero-order chi connectivity index (χ0) is 24.7. The Kier molecular flexibility index (Phi) is 8.04. The van der Waals surface area contributed by atoms with E-state index in [-0.39, 0.29) is 12.4 Å². The molecule has 0 spiro atoms. The highest BCUT2D eigenvalue weighted by atomic mass is 16.6. The second kappa shape index (κ2) is 11.0. The third-order valence-electron chi connectivity index (χ3n) is 4.69. The molecule has 0 aliphatic heterocycles. The molecule has 0 aliphatic rings. The van der Waals surface area contributed by atoms with Crippen LogP contribution in [0.4, 0.5) is 6.01 Å². The molecule has 3 aromatic rings. The number of methoxy groups -OCH3 is 1. The van der Waals surface area contributed by atoms with Crippen LogP contribution >= 0.6 is 0 Å². The minimum atomic E-state index is -0.560. The number of hydrogen-bond acceptors (Lipinski definition) is 8. The van der Waals surface area contributed by atoms with E-state index in [1.165, 1.54) is 0 Å². The fourth-order valence-corrected chi connectivity index (χ4v) is 3.12. The van der Waals surface area contributed by atoms with Gasteiger partial charge in [-0.2, -0.15) is 4.98 Å². The molecule has 0 N–H and O–H groups in total. The van der Waals surface area contributed by atoms with Crippen LogP contribution < -0.4 is 14.4 Å². The van der Waals surface area contributed by atoms with Crippen molar-refractivity contribution in [2.75, 3.05) is 38.8 Å². The van der Waals surface area contributed by atoms with Crippen LogP contribution in [0.3, 0.4) is 0 Å². The molecule has 182 valence electrons. The summed E-state index contributed by atoms with van der Waals surface area (Å²) >= 11 is 0. The molecule has 0 atom stereocenters. The topological polar surface area (TPSA) is 83.3 Å². The predicted molar refractivity (Wildman–Crippen MR) is 131 cm³/mol. The Hall–Kier alpha value is -3.68. The summed E-state index contributed by atoms with van der Waals surface area (Å²) in [5, 5.41) is 0. The Bertz CT molecular complexity index is 1110. The number of rotatable bonds is 10. The van der Waals surface area contributed by atoms with E-state index in [2.05, 4.69) is 4.98 Å². The van der Waals surface area contributed by atoms with Crippen molar-refractivity contribution < 1.29 is 28.2 Å². The van der Waals surface area contributed by atoms with Crippen LogP contribution in [0, 0.1) is 0 Å². The van der Waals surface area contributed by atoms with Gasteiger partial charge in [0.25, 0.3) is 6.01 Å². The van der Waals surface area contributed by atoms with Gasteiger partial charge in [0.05, 0.1) is 20.3 Å². The minimum Gasteiger partial charge on any atom is -0.496 e. The van der Waals surface area contributed by atoms with E-state index in [1.54, 1.807) is 26.2 Å². The van der Waals surface area contributed by atoms with E-state index >= 15 is 0 Å². The van der Waals surface area contributed by atoms with Gasteiger partial charge in [0.1, 0.15) is 29.2 Å². The van der Waals surface area contributed by atoms with Crippen molar-refractivity contribution in [3.05, 3.63) is 53.8 Å². The summed E-state index contributed by atoms with van der Waals surface area (Å²) in [6.45, 7) is 8.59. The van der Waals surface area contributed by atoms with Crippen LogP contribution in [0.2, 0.25) is 0 Å². The quantitative estimate of drug-likeness (QED) is 0.232. The number of likely N-dealkylation sites (N-methyl/N-ethyl adjacent to an activating group) is 1. The molecular formula is C26H32N2O6. The fourth-order valence-electron chi connectivity index (χ4n) is 3.12. The SMILES string of the molecule is CCOC(=O)C(=Cc1ccc(OCCN(C)c2nc3ccccc3o2)cc1OC)OC(C)(C)C. The van der Waals surface area contributed by atoms with Crippen molar-refractivity contribution in [2.45, 2.75) is 33.3 Å². The highest BCUT2D eigenvalue weighted by molar-refractivity contribution is 5.92. The first-order valence-electron chi connectivity index (χ1n) is 11.2. The molecule has 8 nitrogen and oxygen atoms in total. The maximum absolute atomic E-state index is 12.4. The number of fused-ring (bicyclic) bond motifs is 1. The Morgan fingerprint density at radius 1 is 1.18 bits per heavy atom. The Morgan fingerprint density at radius 3 is 2.62 bits per heavy atom. The van der Waals surface area contributed by atoms with E-state index in [0.29, 0.717) is 36.2 Å². The average Bonchev–Trinajstić information content (AvgIpc) is 3.23. The molecule has 3 rings (SSSR count). The third kappa shape index (κ3) is 6.66. The summed E-state index contributed by atoms with van der Waals surface area (Å²) < 4.78 is 28.2. The van der Waals surface area contributed by atoms with Crippen LogP contribution in [0.15, 0.2) is 52.6 Å². The maximum Gasteiger partial charge on any atom is 0.373 e. The monoisotopic (exact) mass is 468 g/mol. The molecule has 0 saturated heterocycles. The molecule has 0 saturated carbocycles. The number of nitrogens with zero attached hydrogens (tertiary/aromatic N) is 2. The zero-order valence-electron chi connectivity index (χ0n) is 20.6. The number of aromatic nitrogens is 1. The van der Waals surface area contributed by atoms with Gasteiger partial charge in [0.2, 0.25) is 5.76 Å². The summed E-state index contributed by atoms with van der Waals surface area (Å²) in [6, 6.07) is 13.6. The van der Waals surface area contributed by atoms with Crippen molar-refractivity contribution >= 4 is 29.2 Å². The number of esters is 1. The van der Waals surface area contributed by atoms with Crippen molar-refractivity contribution in [2.24, 2.45) is 0 Å². The van der Waals surface area contributed by atoms with Gasteiger partial charge in [-0.3, -0.25) is 0 Å². The molecule has 8 heteroatoms. The lowest BCUT2D eigenvalue weighted by Gasteiger charge is -2.22. The van der Waals surface area contributed by atoms with Crippen molar-refractivity contribution in [1.29, 1.82) is 0 Å². The average molecular weight is 469 g/mol. The van der Waals surface area contributed by atoms with Crippen molar-refractivity contribution in [1.82, 2.24) is 4.98 Å². The number of anilines is 1. The second-order valence-electron chi connectivity index (χ2n) is 8.58. The largest absolute Gasteiger partial charge is 0.496 e. The number of carbonyl (C=O) groups excluding carboxylic acids is 1. The van der Waals surface area contributed by atoms with Gasteiger partial charge in [0, 0.05) is 18.7 Å². The molecule has 0 radical (unpaired) electrons. The second-order valence-corrected chi connectivity index (χ2v) is 8.58. The van der Waals surface area contributed by atoms with E-state index in [9.17, 15) is 4.79 Å². The molecule has 1 heterocycles. The van der Waals surface area contributed by atoms with E-state index in [0.717, 1.165) is 11.1 Å². The standard InChI is InChI=1S/C26H32N2O6/c1-7-31-24(29)23(34-26(2,3)4)16-18-12-13-19(17-22(18)30-6)32-15-14-28(5)25-27-20-10-8-9-11-21(20)33-25/h8-13,16-17H,7,14-15H2,1-6H3. The molecule has 0 bridgehead atoms. The van der Waals surface area contributed by atoms with E-state index < -0.39 is 11.6 Å². The molecule has 0 amide bonds. The number of carbonyl (C=O) groups is 1. The predicted octanol–water partition coefficient (Wildman–Crippen LogP) is 5.07. The van der Waals surface area contributed by atoms with Gasteiger partial charge in [0.15, 0.2) is 5.58 Å². The lowest BCUT2D eigenvalue weighted by molar-refractivity contribution is -0.144. The highest BCUT2D eigenvalue weighted by Crippen LogP contribution is 2.28. The summed E-state index contributed by atoms with van der Waals surface area (Å²) in [6.07, 6.45) is 1.62. The van der Waals surface area contributed by atoms with Crippen LogP contribution in [-0.4, -0.2) is 50.5 Å². The normalized spacial score (nSPS) is 11.9. The number of hydrogen-bond donors (Lipinski definition) is 0. The third-order valence-corrected chi connectivity index (χ3v) is 4.69. The Morgan fingerprint density at radius 2 is 1.94 bits per heavy atom. The number of oxazole rings is 1. The lowest BCUT2D eigenvalue weighted by atomic mass is 10.1. The summed E-state index contributed by atoms with van der Waals surface area (Å²) in [5.74, 6) is 0.766. The first kappa shape index (κ1) is 25.0. The van der Waals surface area contributed by atoms with E-state index in [1.807, 2.05) is 69.1 Å². The van der Waals surface area contributed by atoms with Crippen LogP contribution in [-0.2, 0) is 14.3 Å². The molecule has 0 fully saturated rings. The van der Waals surface area contributed by atoms with Gasteiger partial charge in [-0.05, 0) is 58.0 Å². The summed E-state index contributed by atoms with van der Waals surface area (Å²) in [5.41, 5.74) is 1.67. The van der Waals surface area contributed by atoms with Crippen LogP contribution in [0.1, 0.15) is 33.3 Å². The molecule has 1 aromatic heterocycles. The van der Waals surface area contributed by atoms with Gasteiger partial charge >= 0.3 is 5.97 Å². The fraction of sp³-hybridized carbons (Fsp3) is 0.385. The highest BCUT2D eigenvalue weighted by Gasteiger charge is 2.21. The van der Waals surface area contributed by atoms with Crippen molar-refractivity contribution in [3.8, 4) is 11.5 Å². The summed E-state index contributed by atoms with van der Waals surface area (Å²) in [7, 11) is 3.46. The summed E-state index contributed by atoms with van der Waals surface area (Å²) in [4.78, 5) is 18.8. The number of ether oxygens (including phenoxy) is 4. The Balaban J connectivity index is 1.68. The van der Waals surface area contributed by atoms with Crippen LogP contribution in [0.25, 0.3) is 17.2 Å². The molecule has 2 aromatic carbocycles. The minimum absolute atomic E-state index is 0.112. The maximum atomic E-state index is 12.4. The van der Waals surface area contributed by atoms with Crippen molar-refractivity contribution in [3.63, 3.8) is 0 Å². The smallest absolute Gasteiger partial charge is 0.373 e. The molecule has 0 aliphatic carbocycles. The molecule has 0 unspecified atom stereocenters. The van der Waals surface area contributed by atoms with Gasteiger partial charge in [-0.15, -0.1) is 0 Å². The van der Waals surface area contributed by atoms with E-state index in [4.69, 9.17) is 23.4 Å². The Labute approximate surface area is 200 Å². The number of para-hydroxylation sites is 2. The molecule has 34 heavy (non-hydrogen) atoms. The van der Waals surface area contributed by atoms with Crippen LogP contribution in [0.5, 0.6) is 11.5 Å². The lowest BCUT2D eigenvalue weighted by Crippen LogP contribution is -2.24.